The van der Waals surface area contributed by atoms with Crippen molar-refractivity contribution in [3.8, 4) is 0 Å². The highest BCUT2D eigenvalue weighted by atomic mass is 16.5. The molecule has 1 aliphatic rings. The summed E-state index contributed by atoms with van der Waals surface area (Å²) in [6.45, 7) is 0. The molecule has 2 atom stereocenters. The Morgan fingerprint density at radius 2 is 1.19 bits per heavy atom. The van der Waals surface area contributed by atoms with Crippen LogP contribution in [0.3, 0.4) is 0 Å². The Labute approximate surface area is 94.2 Å². The van der Waals surface area contributed by atoms with E-state index in [1.165, 1.54) is 14.2 Å². The lowest BCUT2D eigenvalue weighted by atomic mass is 9.90. The van der Waals surface area contributed by atoms with Gasteiger partial charge in [0.1, 0.15) is 0 Å². The van der Waals surface area contributed by atoms with Gasteiger partial charge in [-0.15, -0.1) is 0 Å². The highest BCUT2D eigenvalue weighted by molar-refractivity contribution is 5.85. The van der Waals surface area contributed by atoms with Crippen LogP contribution in [0.1, 0.15) is 0 Å². The van der Waals surface area contributed by atoms with E-state index in [-0.39, 0.29) is 0 Å². The molecule has 0 unspecified atom stereocenters. The van der Waals surface area contributed by atoms with Crippen LogP contribution in [-0.4, -0.2) is 26.2 Å². The van der Waals surface area contributed by atoms with E-state index in [1.807, 2.05) is 0 Å². The first kappa shape index (κ1) is 12.2. The third-order valence-electron chi connectivity index (χ3n) is 2.30. The van der Waals surface area contributed by atoms with Crippen LogP contribution in [0.5, 0.6) is 0 Å². The largest absolute Gasteiger partial charge is 0.469 e. The Morgan fingerprint density at radius 1 is 0.812 bits per heavy atom. The van der Waals surface area contributed by atoms with Crippen LogP contribution in [-0.2, 0) is 19.1 Å². The smallest absolute Gasteiger partial charge is 0.313 e. The molecule has 4 heteroatoms. The van der Waals surface area contributed by atoms with Crippen molar-refractivity contribution < 1.29 is 19.1 Å². The predicted molar refractivity (Wildman–Crippen MR) is 58.4 cm³/mol. The van der Waals surface area contributed by atoms with Crippen LogP contribution < -0.4 is 0 Å². The maximum Gasteiger partial charge on any atom is 0.313 e. The van der Waals surface area contributed by atoms with E-state index < -0.39 is 23.8 Å². The molecular weight excluding hydrogens is 208 g/mol. The lowest BCUT2D eigenvalue weighted by Gasteiger charge is -2.17. The number of esters is 2. The molecule has 0 spiro atoms. The van der Waals surface area contributed by atoms with Crippen molar-refractivity contribution >= 4 is 11.9 Å². The van der Waals surface area contributed by atoms with Gasteiger partial charge in [0.15, 0.2) is 0 Å². The number of methoxy groups -OCH3 is 2. The molecule has 1 aliphatic carbocycles. The maximum atomic E-state index is 11.5. The van der Waals surface area contributed by atoms with Crippen LogP contribution in [0.2, 0.25) is 0 Å². The number of carbonyl (C=O) groups is 2. The molecule has 1 rings (SSSR count). The number of carbonyl (C=O) groups excluding carboxylic acids is 2. The predicted octanol–water partition coefficient (Wildman–Crippen LogP) is 1.25. The summed E-state index contributed by atoms with van der Waals surface area (Å²) in [6, 6.07) is 0. The van der Waals surface area contributed by atoms with Crippen LogP contribution in [0.15, 0.2) is 36.5 Å². The Bertz CT molecular complexity index is 318. The highest BCUT2D eigenvalue weighted by Gasteiger charge is 2.31. The zero-order chi connectivity index (χ0) is 12.0. The number of allylic oxidation sites excluding steroid dienone is 4. The summed E-state index contributed by atoms with van der Waals surface area (Å²) in [5, 5.41) is 0. The van der Waals surface area contributed by atoms with Crippen molar-refractivity contribution in [3.63, 3.8) is 0 Å². The van der Waals surface area contributed by atoms with Crippen molar-refractivity contribution in [2.24, 2.45) is 11.8 Å². The van der Waals surface area contributed by atoms with E-state index in [0.717, 1.165) is 0 Å². The van der Waals surface area contributed by atoms with Crippen molar-refractivity contribution in [2.75, 3.05) is 14.2 Å². The molecule has 0 N–H and O–H groups in total. The SMILES string of the molecule is COC(=O)[C@H]1C=CC=CC=C[C@H]1C(=O)OC. The standard InChI is InChI=1S/C12H14O4/c1-15-11(13)9-7-5-3-4-6-8-10(9)12(14)16-2/h3-10H,1-2H3/t9-,10+. The quantitative estimate of drug-likeness (QED) is 0.660. The summed E-state index contributed by atoms with van der Waals surface area (Å²) in [7, 11) is 2.59. The van der Waals surface area contributed by atoms with Crippen molar-refractivity contribution in [2.45, 2.75) is 0 Å². The molecule has 0 aromatic heterocycles. The van der Waals surface area contributed by atoms with E-state index in [1.54, 1.807) is 36.5 Å². The molecule has 86 valence electrons. The molecule has 16 heavy (non-hydrogen) atoms. The average molecular weight is 222 g/mol. The fourth-order valence-corrected chi connectivity index (χ4v) is 1.46. The van der Waals surface area contributed by atoms with Gasteiger partial charge in [-0.2, -0.15) is 0 Å². The van der Waals surface area contributed by atoms with E-state index in [9.17, 15) is 9.59 Å². The molecule has 0 saturated carbocycles. The molecule has 0 amide bonds. The van der Waals surface area contributed by atoms with E-state index in [4.69, 9.17) is 0 Å². The van der Waals surface area contributed by atoms with E-state index >= 15 is 0 Å². The summed E-state index contributed by atoms with van der Waals surface area (Å²) in [5.74, 6) is -2.18. The molecule has 0 bridgehead atoms. The van der Waals surface area contributed by atoms with Crippen LogP contribution in [0, 0.1) is 11.8 Å². The Hall–Kier alpha value is -1.84. The molecule has 4 nitrogen and oxygen atoms in total. The van der Waals surface area contributed by atoms with Crippen LogP contribution in [0.4, 0.5) is 0 Å². The average Bonchev–Trinajstić information content (AvgIpc) is 2.27. The Morgan fingerprint density at radius 3 is 1.50 bits per heavy atom. The number of rotatable bonds is 2. The van der Waals surface area contributed by atoms with Gasteiger partial charge in [-0.25, -0.2) is 0 Å². The van der Waals surface area contributed by atoms with Gasteiger partial charge in [0.2, 0.25) is 0 Å². The molecule has 0 fully saturated rings. The first-order valence-electron chi connectivity index (χ1n) is 4.88. The molecule has 0 aromatic carbocycles. The first-order valence-corrected chi connectivity index (χ1v) is 4.88. The summed E-state index contributed by atoms with van der Waals surface area (Å²) in [4.78, 5) is 23.0. The number of hydrogen-bond acceptors (Lipinski definition) is 4. The summed E-state index contributed by atoms with van der Waals surface area (Å²) in [6.07, 6.45) is 10.2. The second kappa shape index (κ2) is 5.90. The zero-order valence-corrected chi connectivity index (χ0v) is 9.25. The van der Waals surface area contributed by atoms with Crippen molar-refractivity contribution in [1.29, 1.82) is 0 Å². The van der Waals surface area contributed by atoms with Gasteiger partial charge in [-0.3, -0.25) is 9.59 Å². The molecule has 0 aromatic rings. The van der Waals surface area contributed by atoms with Gasteiger partial charge in [0.25, 0.3) is 0 Å². The molecular formula is C12H14O4. The van der Waals surface area contributed by atoms with Gasteiger partial charge in [0, 0.05) is 0 Å². The monoisotopic (exact) mass is 222 g/mol. The second-order valence-electron chi connectivity index (χ2n) is 3.25. The maximum absolute atomic E-state index is 11.5. The summed E-state index contributed by atoms with van der Waals surface area (Å²) >= 11 is 0. The third-order valence-corrected chi connectivity index (χ3v) is 2.30. The third kappa shape index (κ3) is 2.82. The summed E-state index contributed by atoms with van der Waals surface area (Å²) < 4.78 is 9.31. The highest BCUT2D eigenvalue weighted by Crippen LogP contribution is 2.20. The Kier molecular flexibility index (Phi) is 4.51. The minimum Gasteiger partial charge on any atom is -0.469 e. The topological polar surface area (TPSA) is 52.6 Å². The number of ether oxygens (including phenoxy) is 2. The van der Waals surface area contributed by atoms with Gasteiger partial charge < -0.3 is 9.47 Å². The fourth-order valence-electron chi connectivity index (χ4n) is 1.46. The second-order valence-corrected chi connectivity index (χ2v) is 3.25. The molecule has 0 heterocycles. The summed E-state index contributed by atoms with van der Waals surface area (Å²) in [5.41, 5.74) is 0. The molecule has 0 aliphatic heterocycles. The van der Waals surface area contributed by atoms with Crippen molar-refractivity contribution in [1.82, 2.24) is 0 Å². The first-order chi connectivity index (χ1) is 7.70. The van der Waals surface area contributed by atoms with Gasteiger partial charge in [-0.05, 0) is 0 Å². The normalized spacial score (nSPS) is 23.4. The molecule has 0 radical (unpaired) electrons. The fraction of sp³-hybridized carbons (Fsp3) is 0.333. The number of hydrogen-bond donors (Lipinski definition) is 0. The van der Waals surface area contributed by atoms with Gasteiger partial charge in [-0.1, -0.05) is 36.5 Å². The lowest BCUT2D eigenvalue weighted by molar-refractivity contribution is -0.153. The lowest BCUT2D eigenvalue weighted by Crippen LogP contribution is -2.29. The van der Waals surface area contributed by atoms with E-state index in [2.05, 4.69) is 9.47 Å². The zero-order valence-electron chi connectivity index (χ0n) is 9.25. The van der Waals surface area contributed by atoms with Crippen LogP contribution in [0.25, 0.3) is 0 Å². The van der Waals surface area contributed by atoms with Gasteiger partial charge >= 0.3 is 11.9 Å². The van der Waals surface area contributed by atoms with Gasteiger partial charge in [0.05, 0.1) is 26.1 Å². The van der Waals surface area contributed by atoms with Crippen LogP contribution >= 0.6 is 0 Å². The van der Waals surface area contributed by atoms with Crippen molar-refractivity contribution in [3.05, 3.63) is 36.5 Å². The Balaban J connectivity index is 3.01. The van der Waals surface area contributed by atoms with E-state index in [0.29, 0.717) is 0 Å². The minimum absolute atomic E-state index is 0.452. The molecule has 0 saturated heterocycles. The minimum atomic E-state index is -0.640.